The van der Waals surface area contributed by atoms with E-state index in [2.05, 4.69) is 5.32 Å². The number of rotatable bonds is 4. The van der Waals surface area contributed by atoms with Crippen molar-refractivity contribution in [2.24, 2.45) is 5.73 Å². The topological polar surface area (TPSA) is 55.1 Å². The SMILES string of the molecule is CSc1ccc(C(=O)NC2(C(N)=S)CCCCC2)cc1. The van der Waals surface area contributed by atoms with Gasteiger partial charge in [0.2, 0.25) is 0 Å². The minimum atomic E-state index is -0.497. The smallest absolute Gasteiger partial charge is 0.252 e. The lowest BCUT2D eigenvalue weighted by Crippen LogP contribution is -2.57. The van der Waals surface area contributed by atoms with Crippen LogP contribution in [0.1, 0.15) is 42.5 Å². The lowest BCUT2D eigenvalue weighted by molar-refractivity contribution is 0.0908. The molecule has 3 N–H and O–H groups in total. The first-order valence-corrected chi connectivity index (χ1v) is 8.47. The molecule has 5 heteroatoms. The van der Waals surface area contributed by atoms with E-state index >= 15 is 0 Å². The predicted molar refractivity (Wildman–Crippen MR) is 88.3 cm³/mol. The summed E-state index contributed by atoms with van der Waals surface area (Å²) in [4.78, 5) is 13.9. The first-order valence-electron chi connectivity index (χ1n) is 6.84. The molecule has 0 unspecified atom stereocenters. The highest BCUT2D eigenvalue weighted by molar-refractivity contribution is 7.98. The first kappa shape index (κ1) is 15.3. The summed E-state index contributed by atoms with van der Waals surface area (Å²) in [7, 11) is 0. The molecule has 2 rings (SSSR count). The van der Waals surface area contributed by atoms with Gasteiger partial charge in [0.05, 0.1) is 10.5 Å². The number of nitrogens with one attached hydrogen (secondary N) is 1. The summed E-state index contributed by atoms with van der Waals surface area (Å²) in [6.07, 6.45) is 7.00. The number of carbonyl (C=O) groups excluding carboxylic acids is 1. The van der Waals surface area contributed by atoms with E-state index < -0.39 is 5.54 Å². The highest BCUT2D eigenvalue weighted by atomic mass is 32.2. The third-order valence-electron chi connectivity index (χ3n) is 3.88. The van der Waals surface area contributed by atoms with Crippen LogP contribution in [0.15, 0.2) is 29.2 Å². The number of amides is 1. The monoisotopic (exact) mass is 308 g/mol. The number of hydrogen-bond acceptors (Lipinski definition) is 3. The molecule has 0 spiro atoms. The van der Waals surface area contributed by atoms with Crippen LogP contribution >= 0.6 is 24.0 Å². The number of benzene rings is 1. The summed E-state index contributed by atoms with van der Waals surface area (Å²) in [5.74, 6) is -0.0904. The molecule has 1 saturated carbocycles. The summed E-state index contributed by atoms with van der Waals surface area (Å²) in [6, 6.07) is 7.59. The van der Waals surface area contributed by atoms with Crippen LogP contribution in [0.4, 0.5) is 0 Å². The van der Waals surface area contributed by atoms with Crippen molar-refractivity contribution in [3.05, 3.63) is 29.8 Å². The van der Waals surface area contributed by atoms with Crippen LogP contribution in [0.3, 0.4) is 0 Å². The molecule has 1 aliphatic rings. The third kappa shape index (κ3) is 3.33. The zero-order valence-corrected chi connectivity index (χ0v) is 13.3. The molecule has 0 heterocycles. The second kappa shape index (κ2) is 6.59. The standard InChI is InChI=1S/C15H20N2OS2/c1-20-12-7-5-11(6-8-12)13(18)17-15(14(16)19)9-3-2-4-10-15/h5-8H,2-4,9-10H2,1H3,(H2,16,19)(H,17,18). The van der Waals surface area contributed by atoms with Crippen molar-refractivity contribution < 1.29 is 4.79 Å². The van der Waals surface area contributed by atoms with E-state index in [-0.39, 0.29) is 5.91 Å². The molecule has 0 bridgehead atoms. The molecule has 108 valence electrons. The van der Waals surface area contributed by atoms with Gasteiger partial charge in [0.15, 0.2) is 0 Å². The van der Waals surface area contributed by atoms with Crippen molar-refractivity contribution in [2.45, 2.75) is 42.5 Å². The number of thiocarbonyl (C=S) groups is 1. The molecule has 0 aromatic heterocycles. The zero-order chi connectivity index (χ0) is 14.6. The van der Waals surface area contributed by atoms with Crippen LogP contribution in [0.25, 0.3) is 0 Å². The van der Waals surface area contributed by atoms with Crippen LogP contribution in [-0.4, -0.2) is 22.7 Å². The van der Waals surface area contributed by atoms with Crippen LogP contribution in [0.5, 0.6) is 0 Å². The maximum absolute atomic E-state index is 12.4. The van der Waals surface area contributed by atoms with E-state index in [0.29, 0.717) is 10.6 Å². The van der Waals surface area contributed by atoms with Gasteiger partial charge < -0.3 is 11.1 Å². The maximum Gasteiger partial charge on any atom is 0.252 e. The summed E-state index contributed by atoms with van der Waals surface area (Å²) in [5.41, 5.74) is 6.05. The van der Waals surface area contributed by atoms with Crippen LogP contribution in [-0.2, 0) is 0 Å². The number of nitrogens with two attached hydrogens (primary N) is 1. The Bertz CT molecular complexity index is 493. The minimum absolute atomic E-state index is 0.0904. The molecule has 20 heavy (non-hydrogen) atoms. The van der Waals surface area contributed by atoms with Crippen molar-refractivity contribution in [2.75, 3.05) is 6.26 Å². The molecule has 1 fully saturated rings. The molecule has 3 nitrogen and oxygen atoms in total. The van der Waals surface area contributed by atoms with E-state index in [0.717, 1.165) is 30.6 Å². The molecule has 1 aromatic rings. The van der Waals surface area contributed by atoms with Gasteiger partial charge in [-0.25, -0.2) is 0 Å². The van der Waals surface area contributed by atoms with E-state index in [1.807, 2.05) is 30.5 Å². The number of carbonyl (C=O) groups is 1. The van der Waals surface area contributed by atoms with Gasteiger partial charge in [0.25, 0.3) is 5.91 Å². The summed E-state index contributed by atoms with van der Waals surface area (Å²) in [6.45, 7) is 0. The van der Waals surface area contributed by atoms with Gasteiger partial charge in [0, 0.05) is 10.5 Å². The fourth-order valence-electron chi connectivity index (χ4n) is 2.62. The fraction of sp³-hybridized carbons (Fsp3) is 0.467. The van der Waals surface area contributed by atoms with Crippen molar-refractivity contribution in [1.82, 2.24) is 5.32 Å². The van der Waals surface area contributed by atoms with E-state index in [4.69, 9.17) is 18.0 Å². The van der Waals surface area contributed by atoms with E-state index in [1.165, 1.54) is 6.42 Å². The Morgan fingerprint density at radius 3 is 2.35 bits per heavy atom. The second-order valence-corrected chi connectivity index (χ2v) is 6.51. The van der Waals surface area contributed by atoms with Crippen LogP contribution in [0, 0.1) is 0 Å². The number of hydrogen-bond donors (Lipinski definition) is 2. The molecule has 1 aromatic carbocycles. The number of thioether (sulfide) groups is 1. The Kier molecular flexibility index (Phi) is 5.05. The molecular weight excluding hydrogens is 288 g/mol. The van der Waals surface area contributed by atoms with Crippen LogP contribution < -0.4 is 11.1 Å². The molecule has 0 radical (unpaired) electrons. The van der Waals surface area contributed by atoms with Crippen molar-refractivity contribution in [3.63, 3.8) is 0 Å². The molecule has 1 amide bonds. The molecule has 0 saturated heterocycles. The normalized spacial score (nSPS) is 17.4. The Balaban J connectivity index is 2.13. The summed E-state index contributed by atoms with van der Waals surface area (Å²) >= 11 is 6.85. The van der Waals surface area contributed by atoms with E-state index in [9.17, 15) is 4.79 Å². The quantitative estimate of drug-likeness (QED) is 0.663. The van der Waals surface area contributed by atoms with Crippen LogP contribution in [0.2, 0.25) is 0 Å². The van der Waals surface area contributed by atoms with Gasteiger partial charge in [0.1, 0.15) is 0 Å². The van der Waals surface area contributed by atoms with Gasteiger partial charge in [-0.2, -0.15) is 0 Å². The van der Waals surface area contributed by atoms with E-state index in [1.54, 1.807) is 11.8 Å². The van der Waals surface area contributed by atoms with Crippen molar-refractivity contribution in [1.29, 1.82) is 0 Å². The molecular formula is C15H20N2OS2. The summed E-state index contributed by atoms with van der Waals surface area (Å²) in [5, 5.41) is 3.07. The van der Waals surface area contributed by atoms with Gasteiger partial charge in [-0.15, -0.1) is 11.8 Å². The molecule has 0 aliphatic heterocycles. The third-order valence-corrected chi connectivity index (χ3v) is 5.02. The van der Waals surface area contributed by atoms with Crippen molar-refractivity contribution >= 4 is 34.9 Å². The lowest BCUT2D eigenvalue weighted by Gasteiger charge is -2.37. The average Bonchev–Trinajstić information content (AvgIpc) is 2.48. The largest absolute Gasteiger partial charge is 0.391 e. The maximum atomic E-state index is 12.4. The van der Waals surface area contributed by atoms with Gasteiger partial charge >= 0.3 is 0 Å². The lowest BCUT2D eigenvalue weighted by atomic mass is 9.81. The Morgan fingerprint density at radius 2 is 1.85 bits per heavy atom. The molecule has 1 aliphatic carbocycles. The Hall–Kier alpha value is -1.07. The fourth-order valence-corrected chi connectivity index (χ4v) is 3.28. The van der Waals surface area contributed by atoms with Gasteiger partial charge in [-0.1, -0.05) is 31.5 Å². The van der Waals surface area contributed by atoms with Gasteiger partial charge in [-0.05, 0) is 43.4 Å². The minimum Gasteiger partial charge on any atom is -0.391 e. The summed E-state index contributed by atoms with van der Waals surface area (Å²) < 4.78 is 0. The second-order valence-electron chi connectivity index (χ2n) is 5.19. The Morgan fingerprint density at radius 1 is 1.25 bits per heavy atom. The van der Waals surface area contributed by atoms with Crippen molar-refractivity contribution in [3.8, 4) is 0 Å². The highest BCUT2D eigenvalue weighted by Gasteiger charge is 2.36. The van der Waals surface area contributed by atoms with Gasteiger partial charge in [-0.3, -0.25) is 4.79 Å². The zero-order valence-electron chi connectivity index (χ0n) is 11.6. The first-order chi connectivity index (χ1) is 9.57. The molecule has 0 atom stereocenters. The highest BCUT2D eigenvalue weighted by Crippen LogP contribution is 2.29. The predicted octanol–water partition coefficient (Wildman–Crippen LogP) is 3.13. The average molecular weight is 308 g/mol. The Labute approximate surface area is 129 Å².